The second-order valence-electron chi connectivity index (χ2n) is 4.42. The van der Waals surface area contributed by atoms with E-state index in [1.165, 1.54) is 24.5 Å². The van der Waals surface area contributed by atoms with Crippen LogP contribution in [0.4, 0.5) is 15.9 Å². The molecule has 0 bridgehead atoms. The summed E-state index contributed by atoms with van der Waals surface area (Å²) in [7, 11) is 0. The minimum atomic E-state index is -0.281. The lowest BCUT2D eigenvalue weighted by Gasteiger charge is -2.17. The Morgan fingerprint density at radius 2 is 2.20 bits per heavy atom. The maximum atomic E-state index is 13.3. The van der Waals surface area contributed by atoms with Gasteiger partial charge < -0.3 is 15.8 Å². The Morgan fingerprint density at radius 1 is 1.35 bits per heavy atom. The number of benzene rings is 1. The van der Waals surface area contributed by atoms with E-state index in [0.717, 1.165) is 24.2 Å². The van der Waals surface area contributed by atoms with Crippen LogP contribution in [0.3, 0.4) is 0 Å². The fourth-order valence-corrected chi connectivity index (χ4v) is 2.23. The van der Waals surface area contributed by atoms with Gasteiger partial charge in [0.15, 0.2) is 11.7 Å². The molecule has 1 aromatic carbocycles. The second-order valence-corrected chi connectivity index (χ2v) is 4.42. The molecular weight excluding hydrogens is 261 g/mol. The van der Waals surface area contributed by atoms with Crippen LogP contribution in [-0.4, -0.2) is 27.6 Å². The third-order valence-corrected chi connectivity index (χ3v) is 3.23. The van der Waals surface area contributed by atoms with Gasteiger partial charge >= 0.3 is 0 Å². The monoisotopic (exact) mass is 273 g/mol. The van der Waals surface area contributed by atoms with Crippen LogP contribution in [0.5, 0.6) is 0 Å². The van der Waals surface area contributed by atoms with Crippen LogP contribution in [0.2, 0.25) is 0 Å². The normalized spacial score (nSPS) is 14.4. The summed E-state index contributed by atoms with van der Waals surface area (Å²) in [6, 6.07) is 4.72. The predicted octanol–water partition coefficient (Wildman–Crippen LogP) is 1.40. The number of fused-ring (bicyclic) bond motifs is 1. The van der Waals surface area contributed by atoms with E-state index in [9.17, 15) is 4.39 Å². The summed E-state index contributed by atoms with van der Waals surface area (Å²) in [5, 5.41) is 11.4. The van der Waals surface area contributed by atoms with Gasteiger partial charge in [0.25, 0.3) is 0 Å². The van der Waals surface area contributed by atoms with Gasteiger partial charge in [0.05, 0.1) is 12.4 Å². The largest absolute Gasteiger partial charge is 0.409 e. The minimum absolute atomic E-state index is 0.100. The summed E-state index contributed by atoms with van der Waals surface area (Å²) in [4.78, 5) is 10.2. The highest BCUT2D eigenvalue weighted by molar-refractivity contribution is 5.94. The van der Waals surface area contributed by atoms with Crippen molar-refractivity contribution < 1.29 is 9.60 Å². The number of nitrogens with zero attached hydrogens (tertiary/aromatic N) is 4. The molecule has 0 aliphatic carbocycles. The Hall–Kier alpha value is -2.70. The highest BCUT2D eigenvalue weighted by Crippen LogP contribution is 2.33. The Balaban J connectivity index is 1.94. The summed E-state index contributed by atoms with van der Waals surface area (Å²) < 4.78 is 13.3. The lowest BCUT2D eigenvalue weighted by molar-refractivity contribution is 0.318. The first kappa shape index (κ1) is 12.3. The molecule has 0 saturated heterocycles. The van der Waals surface area contributed by atoms with Crippen molar-refractivity contribution in [3.63, 3.8) is 0 Å². The lowest BCUT2D eigenvalue weighted by atomic mass is 10.2. The Bertz CT molecular complexity index is 671. The molecule has 102 valence electrons. The van der Waals surface area contributed by atoms with Crippen LogP contribution in [0.15, 0.2) is 35.7 Å². The third-order valence-electron chi connectivity index (χ3n) is 3.23. The Labute approximate surface area is 114 Å². The highest BCUT2D eigenvalue weighted by atomic mass is 19.1. The first-order valence-corrected chi connectivity index (χ1v) is 6.05. The number of nitrogens with two attached hydrogens (primary N) is 1. The van der Waals surface area contributed by atoms with Crippen molar-refractivity contribution in [3.8, 4) is 0 Å². The quantitative estimate of drug-likeness (QED) is 0.374. The van der Waals surface area contributed by atoms with Gasteiger partial charge in [-0.3, -0.25) is 0 Å². The summed E-state index contributed by atoms with van der Waals surface area (Å²) in [6.07, 6.45) is 3.77. The van der Waals surface area contributed by atoms with Gasteiger partial charge in [0.1, 0.15) is 11.5 Å². The summed E-state index contributed by atoms with van der Waals surface area (Å²) >= 11 is 0. The average Bonchev–Trinajstić information content (AvgIpc) is 2.89. The topological polar surface area (TPSA) is 87.6 Å². The molecule has 0 fully saturated rings. The third kappa shape index (κ3) is 2.03. The molecule has 2 heterocycles. The van der Waals surface area contributed by atoms with Crippen molar-refractivity contribution in [3.05, 3.63) is 47.7 Å². The van der Waals surface area contributed by atoms with Crippen molar-refractivity contribution in [1.29, 1.82) is 0 Å². The van der Waals surface area contributed by atoms with Crippen LogP contribution in [0.25, 0.3) is 0 Å². The number of oxime groups is 1. The van der Waals surface area contributed by atoms with E-state index in [4.69, 9.17) is 10.9 Å². The fraction of sp³-hybridized carbons (Fsp3) is 0.154. The van der Waals surface area contributed by atoms with Gasteiger partial charge in [-0.25, -0.2) is 14.4 Å². The zero-order valence-electron chi connectivity index (χ0n) is 10.5. The maximum Gasteiger partial charge on any atom is 0.190 e. The first-order valence-electron chi connectivity index (χ1n) is 6.05. The van der Waals surface area contributed by atoms with Crippen molar-refractivity contribution >= 4 is 17.3 Å². The van der Waals surface area contributed by atoms with Crippen LogP contribution in [0, 0.1) is 5.82 Å². The average molecular weight is 273 g/mol. The molecule has 1 aromatic heterocycles. The second kappa shape index (κ2) is 4.76. The number of anilines is 2. The Kier molecular flexibility index (Phi) is 2.94. The molecule has 3 rings (SSSR count). The Morgan fingerprint density at radius 3 is 2.90 bits per heavy atom. The van der Waals surface area contributed by atoms with Gasteiger partial charge in [-0.15, -0.1) is 0 Å². The smallest absolute Gasteiger partial charge is 0.190 e. The van der Waals surface area contributed by atoms with Gasteiger partial charge in [-0.05, 0) is 24.1 Å². The molecule has 1 aliphatic heterocycles. The molecular formula is C13H12FN5O. The van der Waals surface area contributed by atoms with E-state index in [0.29, 0.717) is 5.82 Å². The number of amidine groups is 1. The van der Waals surface area contributed by atoms with Crippen LogP contribution in [0.1, 0.15) is 11.3 Å². The minimum Gasteiger partial charge on any atom is -0.409 e. The lowest BCUT2D eigenvalue weighted by Crippen LogP contribution is -2.18. The number of halogens is 1. The maximum absolute atomic E-state index is 13.3. The van der Waals surface area contributed by atoms with Crippen molar-refractivity contribution in [2.75, 3.05) is 11.4 Å². The highest BCUT2D eigenvalue weighted by Gasteiger charge is 2.22. The van der Waals surface area contributed by atoms with E-state index >= 15 is 0 Å². The van der Waals surface area contributed by atoms with Crippen molar-refractivity contribution in [1.82, 2.24) is 9.97 Å². The van der Waals surface area contributed by atoms with E-state index in [-0.39, 0.29) is 17.3 Å². The molecule has 0 spiro atoms. The number of hydrogen-bond donors (Lipinski definition) is 2. The number of rotatable bonds is 2. The van der Waals surface area contributed by atoms with E-state index in [1.807, 2.05) is 4.90 Å². The standard InChI is InChI=1S/C13H12FN5O/c14-9-2-1-8-3-4-19(11(8)5-9)12-7-16-10(6-17-12)13(15)18-20/h1-2,5-7,20H,3-4H2,(H2,15,18). The van der Waals surface area contributed by atoms with Crippen LogP contribution < -0.4 is 10.6 Å². The van der Waals surface area contributed by atoms with Gasteiger partial charge in [-0.2, -0.15) is 0 Å². The first-order chi connectivity index (χ1) is 9.69. The molecule has 6 nitrogen and oxygen atoms in total. The number of aromatic nitrogens is 2. The van der Waals surface area contributed by atoms with Crippen LogP contribution in [-0.2, 0) is 6.42 Å². The summed E-state index contributed by atoms with van der Waals surface area (Å²) in [5.41, 5.74) is 7.59. The summed E-state index contributed by atoms with van der Waals surface area (Å²) in [5.74, 6) is 0.220. The van der Waals surface area contributed by atoms with E-state index < -0.39 is 0 Å². The molecule has 1 aliphatic rings. The fourth-order valence-electron chi connectivity index (χ4n) is 2.23. The zero-order valence-corrected chi connectivity index (χ0v) is 10.5. The molecule has 3 N–H and O–H groups in total. The molecule has 0 saturated carbocycles. The molecule has 0 atom stereocenters. The number of hydrogen-bond acceptors (Lipinski definition) is 5. The van der Waals surface area contributed by atoms with Crippen molar-refractivity contribution in [2.45, 2.75) is 6.42 Å². The molecule has 20 heavy (non-hydrogen) atoms. The zero-order chi connectivity index (χ0) is 14.1. The van der Waals surface area contributed by atoms with Crippen molar-refractivity contribution in [2.24, 2.45) is 10.9 Å². The van der Waals surface area contributed by atoms with Gasteiger partial charge in [0, 0.05) is 12.2 Å². The van der Waals surface area contributed by atoms with Gasteiger partial charge in [-0.1, -0.05) is 11.2 Å². The van der Waals surface area contributed by atoms with Crippen LogP contribution >= 0.6 is 0 Å². The van der Waals surface area contributed by atoms with E-state index in [2.05, 4.69) is 15.1 Å². The molecule has 2 aromatic rings. The molecule has 0 unspecified atom stereocenters. The van der Waals surface area contributed by atoms with Gasteiger partial charge in [0.2, 0.25) is 0 Å². The molecule has 0 radical (unpaired) electrons. The SMILES string of the molecule is N/C(=N/O)c1cnc(N2CCc3ccc(F)cc32)cn1. The van der Waals surface area contributed by atoms with E-state index in [1.54, 1.807) is 6.07 Å². The predicted molar refractivity (Wildman–Crippen MR) is 71.7 cm³/mol. The molecule has 0 amide bonds. The molecule has 7 heteroatoms. The summed E-state index contributed by atoms with van der Waals surface area (Å²) in [6.45, 7) is 0.719.